The van der Waals surface area contributed by atoms with Crippen LogP contribution < -0.4 is 10.2 Å². The highest BCUT2D eigenvalue weighted by molar-refractivity contribution is 5.95. The first-order valence-corrected chi connectivity index (χ1v) is 10.2. The maximum Gasteiger partial charge on any atom is 0.251 e. The molecule has 1 aliphatic heterocycles. The van der Waals surface area contributed by atoms with E-state index >= 15 is 0 Å². The van der Waals surface area contributed by atoms with E-state index in [0.717, 1.165) is 17.8 Å². The number of amides is 2. The van der Waals surface area contributed by atoms with Crippen LogP contribution in [0.25, 0.3) is 0 Å². The van der Waals surface area contributed by atoms with Crippen molar-refractivity contribution in [3.63, 3.8) is 0 Å². The fraction of sp³-hybridized carbons (Fsp3) is 0.500. The molecule has 0 spiro atoms. The van der Waals surface area contributed by atoms with Gasteiger partial charge in [-0.2, -0.15) is 5.10 Å². The highest BCUT2D eigenvalue weighted by Gasteiger charge is 2.28. The quantitative estimate of drug-likeness (QED) is 0.884. The summed E-state index contributed by atoms with van der Waals surface area (Å²) < 4.78 is 1.86. The Balaban J connectivity index is 1.42. The molecule has 2 amide bonds. The summed E-state index contributed by atoms with van der Waals surface area (Å²) in [5.41, 5.74) is 1.67. The van der Waals surface area contributed by atoms with E-state index in [2.05, 4.69) is 24.3 Å². The maximum absolute atomic E-state index is 12.7. The van der Waals surface area contributed by atoms with Gasteiger partial charge in [-0.05, 0) is 36.0 Å². The van der Waals surface area contributed by atoms with Crippen molar-refractivity contribution in [2.24, 2.45) is 11.8 Å². The van der Waals surface area contributed by atoms with E-state index in [1.807, 2.05) is 35.0 Å². The van der Waals surface area contributed by atoms with Gasteiger partial charge in [0.2, 0.25) is 5.91 Å². The van der Waals surface area contributed by atoms with Crippen molar-refractivity contribution in [2.75, 3.05) is 4.90 Å². The average molecular weight is 380 g/mol. The summed E-state index contributed by atoms with van der Waals surface area (Å²) >= 11 is 0. The molecule has 148 valence electrons. The van der Waals surface area contributed by atoms with Gasteiger partial charge in [-0.25, -0.2) is 4.68 Å². The van der Waals surface area contributed by atoms with Gasteiger partial charge in [0.25, 0.3) is 5.91 Å². The number of carbonyl (C=O) groups excluding carboxylic acids is 2. The molecule has 0 saturated heterocycles. The molecule has 1 aromatic heterocycles. The lowest BCUT2D eigenvalue weighted by molar-refractivity contribution is -0.119. The molecule has 0 unspecified atom stereocenters. The molecule has 0 radical (unpaired) electrons. The van der Waals surface area contributed by atoms with Gasteiger partial charge in [-0.3, -0.25) is 14.5 Å². The molecule has 1 aromatic carbocycles. The number of nitrogens with one attached hydrogen (secondary N) is 1. The normalized spacial score (nSPS) is 24.7. The summed E-state index contributed by atoms with van der Waals surface area (Å²) in [4.78, 5) is 26.8. The average Bonchev–Trinajstić information content (AvgIpc) is 3.17. The Bertz CT molecular complexity index is 858. The minimum absolute atomic E-state index is 0.00961. The van der Waals surface area contributed by atoms with Crippen LogP contribution in [0.1, 0.15) is 55.5 Å². The Morgan fingerprint density at radius 3 is 2.75 bits per heavy atom. The first-order chi connectivity index (χ1) is 13.5. The number of hydrogen-bond acceptors (Lipinski definition) is 3. The number of benzene rings is 1. The predicted molar refractivity (Wildman–Crippen MR) is 108 cm³/mol. The first-order valence-electron chi connectivity index (χ1n) is 10.2. The molecule has 0 bridgehead atoms. The molecule has 1 saturated carbocycles. The molecule has 2 aromatic rings. The van der Waals surface area contributed by atoms with E-state index in [9.17, 15) is 9.59 Å². The predicted octanol–water partition coefficient (Wildman–Crippen LogP) is 3.37. The first kappa shape index (κ1) is 18.7. The Morgan fingerprint density at radius 1 is 1.18 bits per heavy atom. The number of carbonyl (C=O) groups is 2. The molecule has 6 nitrogen and oxygen atoms in total. The van der Waals surface area contributed by atoms with Crippen LogP contribution in [0.2, 0.25) is 0 Å². The van der Waals surface area contributed by atoms with Gasteiger partial charge < -0.3 is 5.32 Å². The van der Waals surface area contributed by atoms with E-state index in [0.29, 0.717) is 36.9 Å². The molecular formula is C22H28N4O2. The molecule has 1 fully saturated rings. The maximum atomic E-state index is 12.7. The van der Waals surface area contributed by atoms with Crippen LogP contribution in [0.3, 0.4) is 0 Å². The van der Waals surface area contributed by atoms with Crippen LogP contribution in [-0.4, -0.2) is 27.6 Å². The standard InChI is InChI=1S/C22H28N4O2/c1-15-4-3-5-19(16(15)2)24-22(28)18-8-6-17(7-9-18)14-25-20-10-12-23-26(20)13-11-21(25)27/h6-10,12,15-16,19H,3-5,11,13-14H2,1-2H3,(H,24,28)/t15-,16+,19-/m1/s1. The zero-order valence-electron chi connectivity index (χ0n) is 16.6. The lowest BCUT2D eigenvalue weighted by Crippen LogP contribution is -2.43. The van der Waals surface area contributed by atoms with E-state index in [1.54, 1.807) is 11.1 Å². The molecule has 1 aliphatic carbocycles. The Kier molecular flexibility index (Phi) is 5.20. The van der Waals surface area contributed by atoms with Gasteiger partial charge in [0.15, 0.2) is 0 Å². The molecule has 1 N–H and O–H groups in total. The Labute approximate surface area is 165 Å². The Hall–Kier alpha value is -2.63. The summed E-state index contributed by atoms with van der Waals surface area (Å²) in [6, 6.07) is 9.70. The lowest BCUT2D eigenvalue weighted by Gasteiger charge is -2.34. The number of fused-ring (bicyclic) bond motifs is 1. The van der Waals surface area contributed by atoms with Gasteiger partial charge in [-0.15, -0.1) is 0 Å². The molecular weight excluding hydrogens is 352 g/mol. The Morgan fingerprint density at radius 2 is 1.96 bits per heavy atom. The molecule has 2 heterocycles. The summed E-state index contributed by atoms with van der Waals surface area (Å²) in [5.74, 6) is 2.09. The van der Waals surface area contributed by atoms with Gasteiger partial charge in [0.1, 0.15) is 5.82 Å². The minimum atomic E-state index is -0.00961. The van der Waals surface area contributed by atoms with Gasteiger partial charge in [0.05, 0.1) is 19.3 Å². The van der Waals surface area contributed by atoms with Crippen LogP contribution in [0.4, 0.5) is 5.82 Å². The second-order valence-corrected chi connectivity index (χ2v) is 8.19. The molecule has 3 atom stereocenters. The van der Waals surface area contributed by atoms with Crippen LogP contribution in [0.15, 0.2) is 36.5 Å². The van der Waals surface area contributed by atoms with Gasteiger partial charge >= 0.3 is 0 Å². The summed E-state index contributed by atoms with van der Waals surface area (Å²) in [6.07, 6.45) is 5.67. The highest BCUT2D eigenvalue weighted by atomic mass is 16.2. The van der Waals surface area contributed by atoms with E-state index in [-0.39, 0.29) is 17.9 Å². The second kappa shape index (κ2) is 7.78. The topological polar surface area (TPSA) is 67.2 Å². The molecule has 4 rings (SSSR count). The van der Waals surface area contributed by atoms with Crippen molar-refractivity contribution >= 4 is 17.6 Å². The lowest BCUT2D eigenvalue weighted by atomic mass is 9.78. The molecule has 28 heavy (non-hydrogen) atoms. The number of aromatic nitrogens is 2. The van der Waals surface area contributed by atoms with Crippen molar-refractivity contribution in [1.29, 1.82) is 0 Å². The van der Waals surface area contributed by atoms with Crippen molar-refractivity contribution in [3.8, 4) is 0 Å². The molecule has 6 heteroatoms. The van der Waals surface area contributed by atoms with Crippen LogP contribution >= 0.6 is 0 Å². The fourth-order valence-electron chi connectivity index (χ4n) is 4.34. The summed E-state index contributed by atoms with van der Waals surface area (Å²) in [7, 11) is 0. The van der Waals surface area contributed by atoms with E-state index in [4.69, 9.17) is 0 Å². The summed E-state index contributed by atoms with van der Waals surface area (Å²) in [5, 5.41) is 7.47. The van der Waals surface area contributed by atoms with Crippen LogP contribution in [0.5, 0.6) is 0 Å². The zero-order chi connectivity index (χ0) is 19.7. The zero-order valence-corrected chi connectivity index (χ0v) is 16.6. The van der Waals surface area contributed by atoms with Crippen molar-refractivity contribution < 1.29 is 9.59 Å². The monoisotopic (exact) mass is 380 g/mol. The SMILES string of the molecule is C[C@H]1[C@H](C)CCC[C@H]1NC(=O)c1ccc(CN2C(=O)CCn3nccc32)cc1. The highest BCUT2D eigenvalue weighted by Crippen LogP contribution is 2.29. The number of rotatable bonds is 4. The van der Waals surface area contributed by atoms with Crippen molar-refractivity contribution in [1.82, 2.24) is 15.1 Å². The smallest absolute Gasteiger partial charge is 0.251 e. The van der Waals surface area contributed by atoms with Gasteiger partial charge in [0, 0.05) is 24.1 Å². The minimum Gasteiger partial charge on any atom is -0.349 e. The number of nitrogens with zero attached hydrogens (tertiary/aromatic N) is 3. The second-order valence-electron chi connectivity index (χ2n) is 8.19. The third kappa shape index (κ3) is 3.68. The van der Waals surface area contributed by atoms with Gasteiger partial charge in [-0.1, -0.05) is 38.8 Å². The molecule has 2 aliphatic rings. The number of hydrogen-bond donors (Lipinski definition) is 1. The fourth-order valence-corrected chi connectivity index (χ4v) is 4.34. The van der Waals surface area contributed by atoms with Crippen molar-refractivity contribution in [2.45, 2.75) is 58.7 Å². The third-order valence-corrected chi connectivity index (χ3v) is 6.39. The van der Waals surface area contributed by atoms with Crippen molar-refractivity contribution in [3.05, 3.63) is 47.7 Å². The van der Waals surface area contributed by atoms with Crippen LogP contribution in [-0.2, 0) is 17.9 Å². The number of anilines is 1. The van der Waals surface area contributed by atoms with E-state index in [1.165, 1.54) is 12.8 Å². The van der Waals surface area contributed by atoms with Crippen LogP contribution in [0, 0.1) is 11.8 Å². The third-order valence-electron chi connectivity index (χ3n) is 6.39. The number of aryl methyl sites for hydroxylation is 1. The van der Waals surface area contributed by atoms with E-state index < -0.39 is 0 Å². The largest absolute Gasteiger partial charge is 0.349 e. The summed E-state index contributed by atoms with van der Waals surface area (Å²) in [6.45, 7) is 5.63.